The van der Waals surface area contributed by atoms with E-state index in [-0.39, 0.29) is 16.6 Å². The molecule has 0 saturated heterocycles. The summed E-state index contributed by atoms with van der Waals surface area (Å²) >= 11 is 0. The van der Waals surface area contributed by atoms with Crippen LogP contribution in [0.4, 0.5) is 13.2 Å². The zero-order chi connectivity index (χ0) is 12.6. The lowest BCUT2D eigenvalue weighted by molar-refractivity contribution is -0.136. The van der Waals surface area contributed by atoms with Gasteiger partial charge in [-0.3, -0.25) is 4.79 Å². The van der Waals surface area contributed by atoms with Crippen LogP contribution in [0.2, 0.25) is 0 Å². The Morgan fingerprint density at radius 2 is 1.88 bits per heavy atom. The van der Waals surface area contributed by atoms with Crippen molar-refractivity contribution in [3.05, 3.63) is 41.6 Å². The average molecular weight is 239 g/mol. The van der Waals surface area contributed by atoms with Gasteiger partial charge in [0.05, 0.1) is 11.1 Å². The minimum absolute atomic E-state index is 0.00463. The van der Waals surface area contributed by atoms with Crippen LogP contribution < -0.4 is 0 Å². The number of fused-ring (bicyclic) bond motifs is 1. The maximum Gasteiger partial charge on any atom is 0.417 e. The molecule has 2 rings (SSSR count). The number of nitrogens with zero attached hydrogens (tertiary/aromatic N) is 1. The fourth-order valence-electron chi connectivity index (χ4n) is 1.59. The molecular weight excluding hydrogens is 231 g/mol. The number of aromatic nitrogens is 1. The van der Waals surface area contributed by atoms with Crippen LogP contribution in [0.15, 0.2) is 30.3 Å². The molecule has 0 aliphatic heterocycles. The lowest BCUT2D eigenvalue weighted by Crippen LogP contribution is -2.09. The van der Waals surface area contributed by atoms with Gasteiger partial charge in [0, 0.05) is 12.3 Å². The molecule has 0 aliphatic carbocycles. The van der Waals surface area contributed by atoms with E-state index in [1.165, 1.54) is 25.1 Å². The molecule has 2 nitrogen and oxygen atoms in total. The largest absolute Gasteiger partial charge is 0.417 e. The number of Topliss-reactive ketones (excluding diaryl/α,β-unsaturated/α-hetero) is 1. The Labute approximate surface area is 95.1 Å². The number of para-hydroxylation sites is 1. The highest BCUT2D eigenvalue weighted by molar-refractivity contribution is 5.96. The Hall–Kier alpha value is -1.91. The molecule has 1 aromatic heterocycles. The third kappa shape index (κ3) is 2.13. The molecule has 17 heavy (non-hydrogen) atoms. The SMILES string of the molecule is CC(=O)c1cc(C(F)(F)F)c2ccccc2n1. The first-order valence-corrected chi connectivity index (χ1v) is 4.87. The summed E-state index contributed by atoms with van der Waals surface area (Å²) in [5.74, 6) is -0.485. The predicted molar refractivity (Wildman–Crippen MR) is 56.7 cm³/mol. The summed E-state index contributed by atoms with van der Waals surface area (Å²) < 4.78 is 38.5. The number of hydrogen-bond donors (Lipinski definition) is 0. The highest BCUT2D eigenvalue weighted by Gasteiger charge is 2.33. The number of halogens is 3. The fraction of sp³-hybridized carbons (Fsp3) is 0.167. The van der Waals surface area contributed by atoms with Crippen molar-refractivity contribution in [3.8, 4) is 0 Å². The van der Waals surface area contributed by atoms with E-state index in [9.17, 15) is 18.0 Å². The van der Waals surface area contributed by atoms with E-state index in [1.807, 2.05) is 0 Å². The second kappa shape index (κ2) is 3.84. The molecule has 0 atom stereocenters. The van der Waals surface area contributed by atoms with Crippen LogP contribution in [0.1, 0.15) is 23.0 Å². The monoisotopic (exact) mass is 239 g/mol. The summed E-state index contributed by atoms with van der Waals surface area (Å²) in [6, 6.07) is 6.68. The lowest BCUT2D eigenvalue weighted by atomic mass is 10.1. The third-order valence-electron chi connectivity index (χ3n) is 2.38. The van der Waals surface area contributed by atoms with Gasteiger partial charge in [-0.1, -0.05) is 18.2 Å². The number of carbonyl (C=O) groups excluding carboxylic acids is 1. The van der Waals surface area contributed by atoms with Crippen LogP contribution in [0.25, 0.3) is 10.9 Å². The van der Waals surface area contributed by atoms with E-state index in [0.717, 1.165) is 6.07 Å². The smallest absolute Gasteiger partial charge is 0.293 e. The van der Waals surface area contributed by atoms with Crippen molar-refractivity contribution in [1.29, 1.82) is 0 Å². The third-order valence-corrected chi connectivity index (χ3v) is 2.38. The van der Waals surface area contributed by atoms with E-state index < -0.39 is 17.5 Å². The molecule has 88 valence electrons. The molecule has 0 saturated carbocycles. The topological polar surface area (TPSA) is 30.0 Å². The van der Waals surface area contributed by atoms with Gasteiger partial charge in [0.2, 0.25) is 0 Å². The normalized spacial score (nSPS) is 11.8. The van der Waals surface area contributed by atoms with Gasteiger partial charge >= 0.3 is 6.18 Å². The Morgan fingerprint density at radius 1 is 1.24 bits per heavy atom. The van der Waals surface area contributed by atoms with Crippen molar-refractivity contribution in [2.75, 3.05) is 0 Å². The van der Waals surface area contributed by atoms with Gasteiger partial charge < -0.3 is 0 Å². The van der Waals surface area contributed by atoms with Gasteiger partial charge in [-0.15, -0.1) is 0 Å². The second-order valence-electron chi connectivity index (χ2n) is 3.63. The number of rotatable bonds is 1. The predicted octanol–water partition coefficient (Wildman–Crippen LogP) is 3.46. The van der Waals surface area contributed by atoms with Crippen LogP contribution in [-0.2, 0) is 6.18 Å². The highest BCUT2D eigenvalue weighted by atomic mass is 19.4. The number of ketones is 1. The van der Waals surface area contributed by atoms with Gasteiger partial charge in [0.25, 0.3) is 0 Å². The molecule has 0 spiro atoms. The Kier molecular flexibility index (Phi) is 2.61. The first-order valence-electron chi connectivity index (χ1n) is 4.87. The molecule has 1 heterocycles. The maximum atomic E-state index is 12.8. The Morgan fingerprint density at radius 3 is 2.47 bits per heavy atom. The summed E-state index contributed by atoms with van der Waals surface area (Å²) in [4.78, 5) is 15.0. The summed E-state index contributed by atoms with van der Waals surface area (Å²) in [5, 5.41) is 0.00463. The first-order chi connectivity index (χ1) is 7.89. The molecule has 0 fully saturated rings. The number of benzene rings is 1. The van der Waals surface area contributed by atoms with Crippen molar-refractivity contribution in [3.63, 3.8) is 0 Å². The van der Waals surface area contributed by atoms with Crippen LogP contribution in [-0.4, -0.2) is 10.8 Å². The number of pyridine rings is 1. The van der Waals surface area contributed by atoms with Crippen molar-refractivity contribution in [2.45, 2.75) is 13.1 Å². The van der Waals surface area contributed by atoms with Gasteiger partial charge in [-0.05, 0) is 12.1 Å². The highest BCUT2D eigenvalue weighted by Crippen LogP contribution is 2.34. The van der Waals surface area contributed by atoms with Crippen LogP contribution >= 0.6 is 0 Å². The van der Waals surface area contributed by atoms with E-state index in [1.54, 1.807) is 6.07 Å². The molecule has 2 aromatic rings. The maximum absolute atomic E-state index is 12.8. The zero-order valence-corrected chi connectivity index (χ0v) is 8.88. The van der Waals surface area contributed by atoms with Gasteiger partial charge in [-0.25, -0.2) is 4.98 Å². The molecule has 1 aromatic carbocycles. The Bertz CT molecular complexity index is 590. The molecule has 0 N–H and O–H groups in total. The average Bonchev–Trinajstić information content (AvgIpc) is 2.26. The van der Waals surface area contributed by atoms with Crippen LogP contribution in [0, 0.1) is 0 Å². The van der Waals surface area contributed by atoms with E-state index in [2.05, 4.69) is 4.98 Å². The second-order valence-corrected chi connectivity index (χ2v) is 3.63. The molecule has 0 aliphatic rings. The van der Waals surface area contributed by atoms with Gasteiger partial charge in [0.15, 0.2) is 5.78 Å². The van der Waals surface area contributed by atoms with E-state index in [0.29, 0.717) is 0 Å². The van der Waals surface area contributed by atoms with Crippen molar-refractivity contribution >= 4 is 16.7 Å². The van der Waals surface area contributed by atoms with Gasteiger partial charge in [-0.2, -0.15) is 13.2 Å². The van der Waals surface area contributed by atoms with Crippen LogP contribution in [0.3, 0.4) is 0 Å². The number of alkyl halides is 3. The molecular formula is C12H8F3NO. The van der Waals surface area contributed by atoms with E-state index >= 15 is 0 Å². The molecule has 0 amide bonds. The minimum Gasteiger partial charge on any atom is -0.293 e. The molecule has 0 unspecified atom stereocenters. The summed E-state index contributed by atoms with van der Waals surface area (Å²) in [6.45, 7) is 1.19. The molecule has 0 radical (unpaired) electrons. The number of hydrogen-bond acceptors (Lipinski definition) is 2. The number of carbonyl (C=O) groups is 1. The minimum atomic E-state index is -4.49. The summed E-state index contributed by atoms with van der Waals surface area (Å²) in [6.07, 6.45) is -4.49. The quantitative estimate of drug-likeness (QED) is 0.713. The fourth-order valence-corrected chi connectivity index (χ4v) is 1.59. The summed E-state index contributed by atoms with van der Waals surface area (Å²) in [7, 11) is 0. The summed E-state index contributed by atoms with van der Waals surface area (Å²) in [5.41, 5.74) is -0.822. The van der Waals surface area contributed by atoms with Crippen molar-refractivity contribution in [2.24, 2.45) is 0 Å². The standard InChI is InChI=1S/C12H8F3NO/c1-7(17)11-6-9(12(13,14)15)8-4-2-3-5-10(8)16-11/h2-6H,1H3. The first kappa shape index (κ1) is 11.6. The molecule has 5 heteroatoms. The molecule has 0 bridgehead atoms. The lowest BCUT2D eigenvalue weighted by Gasteiger charge is -2.11. The van der Waals surface area contributed by atoms with Crippen molar-refractivity contribution in [1.82, 2.24) is 4.98 Å². The zero-order valence-electron chi connectivity index (χ0n) is 8.88. The van der Waals surface area contributed by atoms with Gasteiger partial charge in [0.1, 0.15) is 5.69 Å². The Balaban J connectivity index is 2.83. The van der Waals surface area contributed by atoms with Crippen LogP contribution in [0.5, 0.6) is 0 Å². The van der Waals surface area contributed by atoms with Crippen molar-refractivity contribution < 1.29 is 18.0 Å². The van der Waals surface area contributed by atoms with E-state index in [4.69, 9.17) is 0 Å².